The zero-order valence-corrected chi connectivity index (χ0v) is 8.90. The molecule has 16 heavy (non-hydrogen) atoms. The molecule has 0 unspecified atom stereocenters. The van der Waals surface area contributed by atoms with E-state index in [2.05, 4.69) is 9.37 Å². The van der Waals surface area contributed by atoms with Crippen molar-refractivity contribution < 1.29 is 19.7 Å². The minimum atomic E-state index is 0.0994. The number of hydrogen-bond acceptors (Lipinski definition) is 6. The molecular weight excluding hydrogens is 230 g/mol. The second kappa shape index (κ2) is 4.58. The molecule has 0 spiro atoms. The molecule has 0 atom stereocenters. The number of anilines is 1. The van der Waals surface area contributed by atoms with Gasteiger partial charge < -0.3 is 10.8 Å². The van der Waals surface area contributed by atoms with E-state index in [0.29, 0.717) is 16.0 Å². The second-order valence-corrected chi connectivity index (χ2v) is 3.82. The molecule has 0 aliphatic carbocycles. The Balaban J connectivity index is 2.60. The molecule has 0 aliphatic heterocycles. The van der Waals surface area contributed by atoms with Crippen molar-refractivity contribution in [2.24, 2.45) is 0 Å². The van der Waals surface area contributed by atoms with Crippen LogP contribution in [-0.2, 0) is 9.37 Å². The maximum atomic E-state index is 9.69. The van der Waals surface area contributed by atoms with E-state index in [1.54, 1.807) is 30.3 Å². The van der Waals surface area contributed by atoms with Crippen molar-refractivity contribution in [3.05, 3.63) is 30.3 Å². The summed E-state index contributed by atoms with van der Waals surface area (Å²) in [6, 6.07) is 8.39. The Morgan fingerprint density at radius 3 is 2.75 bits per heavy atom. The first-order valence-corrected chi connectivity index (χ1v) is 5.13. The summed E-state index contributed by atoms with van der Waals surface area (Å²) in [6.45, 7) is 0. The lowest BCUT2D eigenvalue weighted by Crippen LogP contribution is -1.89. The molecule has 84 valence electrons. The van der Waals surface area contributed by atoms with E-state index in [9.17, 15) is 5.11 Å². The number of benzene rings is 2. The Hall–Kier alpha value is -1.47. The van der Waals surface area contributed by atoms with E-state index in [4.69, 9.17) is 11.0 Å². The van der Waals surface area contributed by atoms with Crippen LogP contribution in [0, 0.1) is 0 Å². The summed E-state index contributed by atoms with van der Waals surface area (Å²) in [7, 11) is 0. The van der Waals surface area contributed by atoms with Crippen LogP contribution in [0.25, 0.3) is 10.8 Å². The van der Waals surface area contributed by atoms with Crippen LogP contribution >= 0.6 is 12.0 Å². The summed E-state index contributed by atoms with van der Waals surface area (Å²) >= 11 is 0.828. The number of fused-ring (bicyclic) bond motifs is 1. The standard InChI is InChI=1S/C10H9NO4S/c11-7-4-5-9(16-15-14-13)6-2-1-3-8(12)10(6)7/h1-5,12-13H,11H2. The Labute approximate surface area is 95.5 Å². The SMILES string of the molecule is Nc1ccc(SOOO)c2cccc(O)c12. The average molecular weight is 239 g/mol. The van der Waals surface area contributed by atoms with E-state index >= 15 is 0 Å². The van der Waals surface area contributed by atoms with E-state index in [0.717, 1.165) is 17.4 Å². The zero-order chi connectivity index (χ0) is 11.5. The molecular formula is C10H9NO4S. The highest BCUT2D eigenvalue weighted by atomic mass is 32.2. The lowest BCUT2D eigenvalue weighted by atomic mass is 10.1. The Morgan fingerprint density at radius 2 is 2.00 bits per heavy atom. The molecule has 4 N–H and O–H groups in total. The molecule has 2 aromatic rings. The van der Waals surface area contributed by atoms with Gasteiger partial charge >= 0.3 is 0 Å². The maximum absolute atomic E-state index is 9.69. The molecule has 2 aromatic carbocycles. The summed E-state index contributed by atoms with van der Waals surface area (Å²) < 4.78 is 4.36. The number of rotatable bonds is 3. The Kier molecular flexibility index (Phi) is 3.16. The van der Waals surface area contributed by atoms with Gasteiger partial charge in [0.1, 0.15) is 5.75 Å². The minimum absolute atomic E-state index is 0.0994. The van der Waals surface area contributed by atoms with Crippen molar-refractivity contribution in [3.63, 3.8) is 0 Å². The molecule has 0 amide bonds. The van der Waals surface area contributed by atoms with Gasteiger partial charge in [0.25, 0.3) is 0 Å². The summed E-state index contributed by atoms with van der Waals surface area (Å²) in [5, 5.41) is 22.6. The van der Waals surface area contributed by atoms with Crippen LogP contribution in [0.15, 0.2) is 35.2 Å². The lowest BCUT2D eigenvalue weighted by Gasteiger charge is -2.07. The van der Waals surface area contributed by atoms with Crippen LogP contribution in [0.5, 0.6) is 5.75 Å². The number of aromatic hydroxyl groups is 1. The molecule has 0 saturated carbocycles. The van der Waals surface area contributed by atoms with Crippen molar-refractivity contribution in [2.75, 3.05) is 5.73 Å². The summed E-state index contributed by atoms with van der Waals surface area (Å²) in [4.78, 5) is 0.675. The predicted molar refractivity (Wildman–Crippen MR) is 60.7 cm³/mol. The van der Waals surface area contributed by atoms with Crippen LogP contribution in [0.3, 0.4) is 0 Å². The van der Waals surface area contributed by atoms with E-state index in [-0.39, 0.29) is 5.75 Å². The highest BCUT2D eigenvalue weighted by molar-refractivity contribution is 7.94. The minimum Gasteiger partial charge on any atom is -0.507 e. The van der Waals surface area contributed by atoms with Gasteiger partial charge in [-0.2, -0.15) is 0 Å². The summed E-state index contributed by atoms with van der Waals surface area (Å²) in [6.07, 6.45) is 0. The third-order valence-electron chi connectivity index (χ3n) is 2.17. The first kappa shape index (κ1) is 11.0. The fourth-order valence-electron chi connectivity index (χ4n) is 1.51. The number of phenolic OH excluding ortho intramolecular Hbond substituents is 1. The van der Waals surface area contributed by atoms with Crippen molar-refractivity contribution in [2.45, 2.75) is 4.90 Å². The van der Waals surface area contributed by atoms with Crippen molar-refractivity contribution in [1.82, 2.24) is 0 Å². The molecule has 0 aromatic heterocycles. The zero-order valence-electron chi connectivity index (χ0n) is 8.08. The molecule has 0 aliphatic rings. The van der Waals surface area contributed by atoms with Gasteiger partial charge in [0.15, 0.2) is 0 Å². The molecule has 2 rings (SSSR count). The van der Waals surface area contributed by atoms with Crippen LogP contribution < -0.4 is 5.73 Å². The quantitative estimate of drug-likeness (QED) is 0.330. The largest absolute Gasteiger partial charge is 0.507 e. The summed E-state index contributed by atoms with van der Waals surface area (Å²) in [5.74, 6) is 0.0994. The number of nitrogens with two attached hydrogens (primary N) is 1. The van der Waals surface area contributed by atoms with Gasteiger partial charge in [-0.3, -0.25) is 0 Å². The van der Waals surface area contributed by atoms with E-state index < -0.39 is 0 Å². The van der Waals surface area contributed by atoms with Gasteiger partial charge in [0, 0.05) is 21.4 Å². The van der Waals surface area contributed by atoms with E-state index in [1.165, 1.54) is 0 Å². The highest BCUT2D eigenvalue weighted by Crippen LogP contribution is 2.36. The molecule has 0 saturated heterocycles. The fraction of sp³-hybridized carbons (Fsp3) is 0. The van der Waals surface area contributed by atoms with Crippen molar-refractivity contribution in [1.29, 1.82) is 0 Å². The monoisotopic (exact) mass is 239 g/mol. The smallest absolute Gasteiger partial charge is 0.125 e. The summed E-state index contributed by atoms with van der Waals surface area (Å²) in [5.41, 5.74) is 6.24. The van der Waals surface area contributed by atoms with Crippen LogP contribution in [0.1, 0.15) is 0 Å². The predicted octanol–water partition coefficient (Wildman–Crippen LogP) is 2.56. The molecule has 0 heterocycles. The fourth-order valence-corrected chi connectivity index (χ4v) is 2.00. The van der Waals surface area contributed by atoms with Gasteiger partial charge in [-0.15, -0.1) is 4.33 Å². The number of phenols is 1. The number of nitrogen functional groups attached to an aromatic ring is 1. The molecule has 5 nitrogen and oxygen atoms in total. The third kappa shape index (κ3) is 1.91. The lowest BCUT2D eigenvalue weighted by molar-refractivity contribution is -0.432. The van der Waals surface area contributed by atoms with Crippen molar-refractivity contribution >= 4 is 28.5 Å². The first-order valence-electron chi connectivity index (χ1n) is 4.39. The van der Waals surface area contributed by atoms with Crippen molar-refractivity contribution in [3.8, 4) is 5.75 Å². The van der Waals surface area contributed by atoms with E-state index in [1.807, 2.05) is 0 Å². The normalized spacial score (nSPS) is 10.8. The van der Waals surface area contributed by atoms with Gasteiger partial charge in [0.2, 0.25) is 0 Å². The average Bonchev–Trinajstić information content (AvgIpc) is 2.28. The number of hydrogen-bond donors (Lipinski definition) is 3. The molecule has 0 bridgehead atoms. The first-order chi connectivity index (χ1) is 7.74. The third-order valence-corrected chi connectivity index (χ3v) is 2.83. The topological polar surface area (TPSA) is 84.9 Å². The maximum Gasteiger partial charge on any atom is 0.125 e. The highest BCUT2D eigenvalue weighted by Gasteiger charge is 2.09. The van der Waals surface area contributed by atoms with Gasteiger partial charge in [0.05, 0.1) is 12.0 Å². The molecule has 6 heteroatoms. The van der Waals surface area contributed by atoms with Gasteiger partial charge in [-0.25, -0.2) is 5.26 Å². The van der Waals surface area contributed by atoms with Crippen LogP contribution in [-0.4, -0.2) is 10.4 Å². The Bertz CT molecular complexity index is 509. The van der Waals surface area contributed by atoms with Gasteiger partial charge in [-0.05, 0) is 18.2 Å². The molecule has 0 fully saturated rings. The second-order valence-electron chi connectivity index (χ2n) is 3.08. The Morgan fingerprint density at radius 1 is 1.19 bits per heavy atom. The van der Waals surface area contributed by atoms with Crippen LogP contribution in [0.4, 0.5) is 5.69 Å². The van der Waals surface area contributed by atoms with Crippen LogP contribution in [0.2, 0.25) is 0 Å². The molecule has 0 radical (unpaired) electrons. The van der Waals surface area contributed by atoms with Gasteiger partial charge in [-0.1, -0.05) is 17.2 Å².